The van der Waals surface area contributed by atoms with Gasteiger partial charge in [-0.3, -0.25) is 4.79 Å². The third-order valence-electron chi connectivity index (χ3n) is 15.0. The number of alkyl halides is 2. The third kappa shape index (κ3) is 13.6. The average Bonchev–Trinajstić information content (AvgIpc) is 3.78. The minimum Gasteiger partial charge on any atom is -0.448 e. The van der Waals surface area contributed by atoms with E-state index in [1.54, 1.807) is 47.7 Å². The molecule has 2 aromatic rings. The number of aliphatic hydroxyl groups is 5. The molecule has 0 amide bonds. The summed E-state index contributed by atoms with van der Waals surface area (Å²) in [6.07, 6.45) is -6.89. The number of carbonyl (C=O) groups is 1. The van der Waals surface area contributed by atoms with Crippen LogP contribution < -0.4 is 0 Å². The molecule has 0 bridgehead atoms. The highest BCUT2D eigenvalue weighted by molar-refractivity contribution is 14.1. The zero-order valence-corrected chi connectivity index (χ0v) is 44.9. The Balaban J connectivity index is 1.45. The molecule has 20 atom stereocenters. The molecule has 3 fully saturated rings. The second kappa shape index (κ2) is 24.3. The average molecular weight is 1090 g/mol. The second-order valence-corrected chi connectivity index (χ2v) is 22.0. The summed E-state index contributed by atoms with van der Waals surface area (Å²) in [5, 5.41) is 67.9. The molecule has 5 N–H and O–H groups in total. The van der Waals surface area contributed by atoms with Crippen molar-refractivity contribution in [2.75, 3.05) is 48.1 Å². The fourth-order valence-electron chi connectivity index (χ4n) is 10.6. The van der Waals surface area contributed by atoms with Crippen LogP contribution in [0.15, 0.2) is 36.5 Å². The van der Waals surface area contributed by atoms with E-state index in [0.717, 1.165) is 5.56 Å². The van der Waals surface area contributed by atoms with E-state index in [2.05, 4.69) is 10.3 Å². The summed E-state index contributed by atoms with van der Waals surface area (Å²) < 4.78 is 58.6. The molecule has 394 valence electrons. The number of esters is 1. The predicted octanol–water partition coefficient (Wildman–Crippen LogP) is 3.99. The molecule has 20 heteroatoms. The van der Waals surface area contributed by atoms with E-state index in [4.69, 9.17) is 33.2 Å². The molecule has 3 saturated heterocycles. The lowest BCUT2D eigenvalue weighted by Crippen LogP contribution is -2.60. The predicted molar refractivity (Wildman–Crippen MR) is 262 cm³/mol. The molecule has 0 unspecified atom stereocenters. The minimum absolute atomic E-state index is 0.0864. The first kappa shape index (κ1) is 57.9. The first-order chi connectivity index (χ1) is 32.3. The van der Waals surface area contributed by atoms with Crippen LogP contribution in [0.3, 0.4) is 0 Å². The number of aromatic nitrogens is 3. The van der Waals surface area contributed by atoms with Crippen LogP contribution in [0.4, 0.5) is 4.39 Å². The Morgan fingerprint density at radius 2 is 1.65 bits per heavy atom. The molecule has 1 aromatic heterocycles. The van der Waals surface area contributed by atoms with Crippen molar-refractivity contribution in [3.63, 3.8) is 0 Å². The van der Waals surface area contributed by atoms with Crippen LogP contribution in [0.5, 0.6) is 0 Å². The molecule has 0 spiro atoms. The molecule has 1 aromatic carbocycles. The van der Waals surface area contributed by atoms with Crippen LogP contribution in [0.25, 0.3) is 0 Å². The minimum atomic E-state index is -1.87. The molecule has 0 saturated carbocycles. The lowest BCUT2D eigenvalue weighted by atomic mass is 9.77. The smallest absolute Gasteiger partial charge is 0.312 e. The first-order valence-electron chi connectivity index (χ1n) is 24.2. The first-order valence-corrected chi connectivity index (χ1v) is 25.5. The van der Waals surface area contributed by atoms with E-state index in [1.807, 2.05) is 90.7 Å². The molecule has 4 heterocycles. The summed E-state index contributed by atoms with van der Waals surface area (Å²) in [6.45, 7) is 15.7. The van der Waals surface area contributed by atoms with Crippen molar-refractivity contribution in [3.8, 4) is 0 Å². The number of benzene rings is 1. The Morgan fingerprint density at radius 1 is 0.986 bits per heavy atom. The maximum Gasteiger partial charge on any atom is 0.312 e. The highest BCUT2D eigenvalue weighted by atomic mass is 127. The van der Waals surface area contributed by atoms with Gasteiger partial charge in [-0.2, -0.15) is 0 Å². The van der Waals surface area contributed by atoms with Gasteiger partial charge >= 0.3 is 5.97 Å². The van der Waals surface area contributed by atoms with Crippen molar-refractivity contribution in [2.24, 2.45) is 17.8 Å². The molecular formula is C49H81FIN5O13. The van der Waals surface area contributed by atoms with Gasteiger partial charge in [0.1, 0.15) is 42.7 Å². The monoisotopic (exact) mass is 1090 g/mol. The maximum atomic E-state index is 14.6. The third-order valence-corrected chi connectivity index (χ3v) is 16.5. The fourth-order valence-corrected chi connectivity index (χ4v) is 11.2. The number of hydrogen-bond acceptors (Lipinski definition) is 17. The van der Waals surface area contributed by atoms with E-state index < -0.39 is 125 Å². The van der Waals surface area contributed by atoms with E-state index in [0.29, 0.717) is 31.6 Å². The van der Waals surface area contributed by atoms with Gasteiger partial charge in [0, 0.05) is 64.3 Å². The van der Waals surface area contributed by atoms with Gasteiger partial charge in [0.25, 0.3) is 0 Å². The van der Waals surface area contributed by atoms with Gasteiger partial charge in [0.05, 0.1) is 47.2 Å². The molecule has 0 aliphatic carbocycles. The lowest BCUT2D eigenvalue weighted by molar-refractivity contribution is -0.318. The normalized spacial score (nSPS) is 41.2. The van der Waals surface area contributed by atoms with Crippen LogP contribution in [0, 0.1) is 17.8 Å². The molecule has 3 aliphatic rings. The summed E-state index contributed by atoms with van der Waals surface area (Å²) in [6, 6.07) is 7.59. The van der Waals surface area contributed by atoms with Crippen LogP contribution in [-0.2, 0) is 44.4 Å². The van der Waals surface area contributed by atoms with Crippen molar-refractivity contribution < 1.29 is 67.9 Å². The second-order valence-electron chi connectivity index (χ2n) is 20.8. The highest BCUT2D eigenvalue weighted by Gasteiger charge is 2.53. The molecular weight excluding hydrogens is 1010 g/mol. The summed E-state index contributed by atoms with van der Waals surface area (Å²) >= 11 is 1.82. The van der Waals surface area contributed by atoms with Gasteiger partial charge in [-0.15, -0.1) is 5.10 Å². The summed E-state index contributed by atoms with van der Waals surface area (Å²) in [5.41, 5.74) is -3.15. The fraction of sp³-hybridized carbons (Fsp3) is 0.816. The molecule has 69 heavy (non-hydrogen) atoms. The van der Waals surface area contributed by atoms with E-state index >= 15 is 0 Å². The number of cyclic esters (lactones) is 1. The summed E-state index contributed by atoms with van der Waals surface area (Å²) in [4.78, 5) is 18.2. The van der Waals surface area contributed by atoms with Crippen molar-refractivity contribution in [3.05, 3.63) is 47.8 Å². The topological polar surface area (TPSA) is 220 Å². The van der Waals surface area contributed by atoms with Gasteiger partial charge in [-0.25, -0.2) is 9.07 Å². The standard InChI is InChI=1S/C49H81FIN5O13/c1-27-22-47(7,61)43(68-45-38(57)35(21-28(2)65-45)54(10)20-19-34-26-56(53-52-34)36(24-50)40(63-12)33-17-15-14-16-18-33)29(3)39(67-37-23-48(8,64-13)42(59)32(6)66-37)30(4)44(60)69-46(51)49(9,62)41(58)31(5)55(11)25-27/h14-18,26-32,35-43,45-46,57-59,61-62H,19-25H2,1-13H3/t27-,28-,29+,30-,31-,32+,35+,36-,37+,38-,39+,40-,41-,42+,43-,45+,46+,47-,48-,49+/m1/s1. The van der Waals surface area contributed by atoms with Gasteiger partial charge in [-0.1, -0.05) is 49.4 Å². The number of carbonyl (C=O) groups excluding carboxylic acids is 1. The van der Waals surface area contributed by atoms with Gasteiger partial charge in [-0.05, 0) is 109 Å². The zero-order valence-electron chi connectivity index (χ0n) is 42.7. The van der Waals surface area contributed by atoms with Crippen LogP contribution >= 0.6 is 22.6 Å². The Bertz CT molecular complexity index is 1910. The molecule has 0 radical (unpaired) electrons. The number of halogens is 2. The van der Waals surface area contributed by atoms with Crippen molar-refractivity contribution >= 4 is 28.6 Å². The molecule has 18 nitrogen and oxygen atoms in total. The Kier molecular flexibility index (Phi) is 20.4. The number of hydrogen-bond donors (Lipinski definition) is 5. The SMILES string of the molecule is CO[C@H](c1ccccc1)[C@@H](CF)n1cc(CCN(C)[C@H]2C[C@@H](C)O[C@@H](O[C@@H]3[C@@H](C)[C@H](O[C@H]4C[C@@](C)(OC)[C@@H](O)[C@H](C)O4)[C@@H](C)C(=O)O[C@H](I)[C@@](C)(O)[C@H](O)[C@@H](C)N(C)C[C@H](C)C[C@@]3(C)O)[C@@H]2O)nn1. The molecule has 3 aliphatic heterocycles. The number of methoxy groups -OCH3 is 2. The van der Waals surface area contributed by atoms with E-state index in [1.165, 1.54) is 25.8 Å². The van der Waals surface area contributed by atoms with Crippen molar-refractivity contribution in [2.45, 2.75) is 188 Å². The Hall–Kier alpha value is -2.03. The van der Waals surface area contributed by atoms with Crippen LogP contribution in [-0.4, -0.2) is 193 Å². The van der Waals surface area contributed by atoms with E-state index in [9.17, 15) is 34.7 Å². The zero-order chi connectivity index (χ0) is 51.3. The van der Waals surface area contributed by atoms with Crippen molar-refractivity contribution in [1.82, 2.24) is 24.8 Å². The van der Waals surface area contributed by atoms with Gasteiger partial charge in [0.2, 0.25) is 0 Å². The Labute approximate surface area is 421 Å². The number of ether oxygens (including phenoxy) is 7. The number of aliphatic hydroxyl groups excluding tert-OH is 3. The molecule has 5 rings (SSSR count). The number of likely N-dealkylation sites (N-methyl/N-ethyl adjacent to an activating group) is 2. The summed E-state index contributed by atoms with van der Waals surface area (Å²) in [7, 11) is 6.73. The number of nitrogens with zero attached hydrogens (tertiary/aromatic N) is 5. The quantitative estimate of drug-likeness (QED) is 0.103. The highest BCUT2D eigenvalue weighted by Crippen LogP contribution is 2.41. The lowest BCUT2D eigenvalue weighted by Gasteiger charge is -2.49. The van der Waals surface area contributed by atoms with Gasteiger partial charge < -0.3 is 68.5 Å². The Morgan fingerprint density at radius 3 is 2.28 bits per heavy atom. The maximum absolute atomic E-state index is 14.6. The van der Waals surface area contributed by atoms with Crippen LogP contribution in [0.2, 0.25) is 0 Å². The van der Waals surface area contributed by atoms with Crippen LogP contribution in [0.1, 0.15) is 105 Å². The largest absolute Gasteiger partial charge is 0.448 e. The summed E-state index contributed by atoms with van der Waals surface area (Å²) in [5.74, 6) is -2.88. The van der Waals surface area contributed by atoms with E-state index in [-0.39, 0.29) is 18.8 Å². The van der Waals surface area contributed by atoms with Crippen molar-refractivity contribution in [1.29, 1.82) is 0 Å². The number of rotatable bonds is 14. The van der Waals surface area contributed by atoms with Gasteiger partial charge in [0.15, 0.2) is 16.7 Å².